The highest BCUT2D eigenvalue weighted by Crippen LogP contribution is 2.33. The van der Waals surface area contributed by atoms with Crippen LogP contribution in [0, 0.1) is 13.8 Å². The van der Waals surface area contributed by atoms with Gasteiger partial charge in [0, 0.05) is 35.7 Å². The molecule has 0 radical (unpaired) electrons. The number of hydrogen-bond acceptors (Lipinski definition) is 4. The molecule has 29 heavy (non-hydrogen) atoms. The van der Waals surface area contributed by atoms with E-state index in [1.54, 1.807) is 24.3 Å². The summed E-state index contributed by atoms with van der Waals surface area (Å²) in [6.45, 7) is 3.97. The summed E-state index contributed by atoms with van der Waals surface area (Å²) in [4.78, 5) is 18.3. The second-order valence-corrected chi connectivity index (χ2v) is 10.1. The van der Waals surface area contributed by atoms with Crippen molar-refractivity contribution in [2.75, 3.05) is 6.26 Å². The Kier molecular flexibility index (Phi) is 5.07. The fraction of sp³-hybridized carbons (Fsp3) is 0.391. The van der Waals surface area contributed by atoms with E-state index >= 15 is 0 Å². The maximum Gasteiger partial charge on any atom is 0.194 e. The van der Waals surface area contributed by atoms with E-state index < -0.39 is 9.84 Å². The van der Waals surface area contributed by atoms with Gasteiger partial charge in [-0.05, 0) is 56.5 Å². The Morgan fingerprint density at radius 1 is 1.03 bits per heavy atom. The highest BCUT2D eigenvalue weighted by Gasteiger charge is 2.23. The second-order valence-electron chi connectivity index (χ2n) is 8.12. The summed E-state index contributed by atoms with van der Waals surface area (Å²) in [6.07, 6.45) is 6.29. The summed E-state index contributed by atoms with van der Waals surface area (Å²) in [5.74, 6) is 0. The van der Waals surface area contributed by atoms with Gasteiger partial charge in [0.05, 0.1) is 10.3 Å². The van der Waals surface area contributed by atoms with Gasteiger partial charge >= 0.3 is 0 Å². The summed E-state index contributed by atoms with van der Waals surface area (Å²) in [5.41, 5.74) is 4.38. The normalized spacial score (nSPS) is 15.3. The summed E-state index contributed by atoms with van der Waals surface area (Å²) >= 11 is 0. The zero-order valence-electron chi connectivity index (χ0n) is 17.1. The van der Waals surface area contributed by atoms with Crippen LogP contribution in [0.25, 0.3) is 11.0 Å². The molecule has 1 aliphatic rings. The topological polar surface area (TPSA) is 69.0 Å². The molecule has 2 aromatic heterocycles. The van der Waals surface area contributed by atoms with Crippen LogP contribution in [0.2, 0.25) is 0 Å². The van der Waals surface area contributed by atoms with Gasteiger partial charge in [-0.1, -0.05) is 25.0 Å². The van der Waals surface area contributed by atoms with Crippen molar-refractivity contribution >= 4 is 20.9 Å². The number of aryl methyl sites for hydroxylation is 1. The maximum atomic E-state index is 13.3. The molecule has 0 atom stereocenters. The van der Waals surface area contributed by atoms with E-state index in [1.807, 2.05) is 26.0 Å². The van der Waals surface area contributed by atoms with Gasteiger partial charge in [0.1, 0.15) is 5.65 Å². The third-order valence-electron chi connectivity index (χ3n) is 5.98. The van der Waals surface area contributed by atoms with Crippen LogP contribution in [0.15, 0.2) is 46.1 Å². The minimum atomic E-state index is -3.23. The fourth-order valence-electron chi connectivity index (χ4n) is 4.41. The van der Waals surface area contributed by atoms with Gasteiger partial charge in [0.15, 0.2) is 15.3 Å². The van der Waals surface area contributed by atoms with Crippen molar-refractivity contribution in [3.8, 4) is 0 Å². The summed E-state index contributed by atoms with van der Waals surface area (Å²) in [5, 5.41) is 0.663. The quantitative estimate of drug-likeness (QED) is 0.649. The lowest BCUT2D eigenvalue weighted by molar-refractivity contribution is 0.514. The molecule has 6 heteroatoms. The SMILES string of the molecule is Cc1ccc2c(=O)c(Cc3ccc(S(C)(=O)=O)cc3)c(C)n(C3CCCC3)c2n1. The summed E-state index contributed by atoms with van der Waals surface area (Å²) < 4.78 is 25.7. The molecular weight excluding hydrogens is 384 g/mol. The lowest BCUT2D eigenvalue weighted by Crippen LogP contribution is -2.22. The van der Waals surface area contributed by atoms with Crippen LogP contribution in [0.3, 0.4) is 0 Å². The van der Waals surface area contributed by atoms with Gasteiger partial charge in [-0.25, -0.2) is 13.4 Å². The molecule has 1 fully saturated rings. The molecule has 0 spiro atoms. The van der Waals surface area contributed by atoms with Crippen molar-refractivity contribution in [2.24, 2.45) is 0 Å². The first-order valence-corrected chi connectivity index (χ1v) is 11.9. The first-order valence-electron chi connectivity index (χ1n) is 10.1. The molecule has 1 aliphatic carbocycles. The first kappa shape index (κ1) is 19.8. The predicted molar refractivity (Wildman–Crippen MR) is 115 cm³/mol. The van der Waals surface area contributed by atoms with E-state index in [-0.39, 0.29) is 5.43 Å². The number of aromatic nitrogens is 2. The largest absolute Gasteiger partial charge is 0.326 e. The van der Waals surface area contributed by atoms with Crippen LogP contribution < -0.4 is 5.43 Å². The third-order valence-corrected chi connectivity index (χ3v) is 7.11. The molecule has 5 nitrogen and oxygen atoms in total. The number of hydrogen-bond donors (Lipinski definition) is 0. The molecule has 0 aliphatic heterocycles. The van der Waals surface area contributed by atoms with E-state index in [0.29, 0.717) is 22.7 Å². The Hall–Kier alpha value is -2.47. The molecule has 2 heterocycles. The van der Waals surface area contributed by atoms with E-state index in [0.717, 1.165) is 41.0 Å². The van der Waals surface area contributed by atoms with Crippen molar-refractivity contribution in [3.63, 3.8) is 0 Å². The average Bonchev–Trinajstić information content (AvgIpc) is 3.19. The third kappa shape index (κ3) is 3.73. The molecule has 1 aromatic carbocycles. The lowest BCUT2D eigenvalue weighted by atomic mass is 10.0. The van der Waals surface area contributed by atoms with Gasteiger partial charge < -0.3 is 4.57 Å². The number of nitrogens with zero attached hydrogens (tertiary/aromatic N) is 2. The first-order chi connectivity index (χ1) is 13.8. The number of pyridine rings is 2. The standard InChI is InChI=1S/C23H26N2O3S/c1-15-8-13-20-22(26)21(14-17-9-11-19(12-10-17)29(3,27)28)16(2)25(23(20)24-15)18-6-4-5-7-18/h8-13,18H,4-7,14H2,1-3H3. The Labute approximate surface area is 171 Å². The van der Waals surface area contributed by atoms with Gasteiger partial charge in [-0.15, -0.1) is 0 Å². The smallest absolute Gasteiger partial charge is 0.194 e. The minimum absolute atomic E-state index is 0.0198. The maximum absolute atomic E-state index is 13.3. The van der Waals surface area contributed by atoms with Crippen LogP contribution in [0.1, 0.15) is 54.2 Å². The molecule has 0 bridgehead atoms. The average molecular weight is 411 g/mol. The number of sulfone groups is 1. The van der Waals surface area contributed by atoms with Crippen LogP contribution in [0.4, 0.5) is 0 Å². The minimum Gasteiger partial charge on any atom is -0.326 e. The van der Waals surface area contributed by atoms with Crippen molar-refractivity contribution in [2.45, 2.75) is 56.9 Å². The zero-order chi connectivity index (χ0) is 20.8. The van der Waals surface area contributed by atoms with Crippen molar-refractivity contribution in [1.29, 1.82) is 0 Å². The molecule has 0 amide bonds. The molecule has 4 rings (SSSR count). The van der Waals surface area contributed by atoms with Gasteiger partial charge in [-0.3, -0.25) is 4.79 Å². The van der Waals surface area contributed by atoms with E-state index in [1.165, 1.54) is 19.1 Å². The van der Waals surface area contributed by atoms with Crippen molar-refractivity contribution in [1.82, 2.24) is 9.55 Å². The molecule has 3 aromatic rings. The van der Waals surface area contributed by atoms with Gasteiger partial charge in [-0.2, -0.15) is 0 Å². The predicted octanol–water partition coefficient (Wildman–Crippen LogP) is 4.12. The van der Waals surface area contributed by atoms with Gasteiger partial charge in [0.25, 0.3) is 0 Å². The fourth-order valence-corrected chi connectivity index (χ4v) is 5.04. The van der Waals surface area contributed by atoms with Gasteiger partial charge in [0.2, 0.25) is 0 Å². The highest BCUT2D eigenvalue weighted by molar-refractivity contribution is 7.90. The Morgan fingerprint density at radius 2 is 1.69 bits per heavy atom. The highest BCUT2D eigenvalue weighted by atomic mass is 32.2. The molecule has 0 N–H and O–H groups in total. The number of rotatable bonds is 4. The van der Waals surface area contributed by atoms with Crippen LogP contribution in [-0.2, 0) is 16.3 Å². The summed E-state index contributed by atoms with van der Waals surface area (Å²) in [6, 6.07) is 11.0. The van der Waals surface area contributed by atoms with Crippen LogP contribution >= 0.6 is 0 Å². The van der Waals surface area contributed by atoms with E-state index in [9.17, 15) is 13.2 Å². The zero-order valence-corrected chi connectivity index (χ0v) is 17.9. The Morgan fingerprint density at radius 3 is 2.31 bits per heavy atom. The monoisotopic (exact) mass is 410 g/mol. The Balaban J connectivity index is 1.86. The van der Waals surface area contributed by atoms with E-state index in [2.05, 4.69) is 4.57 Å². The Bertz CT molecular complexity index is 1240. The van der Waals surface area contributed by atoms with Crippen LogP contribution in [-0.4, -0.2) is 24.2 Å². The number of fused-ring (bicyclic) bond motifs is 1. The molecule has 0 unspecified atom stereocenters. The number of benzene rings is 1. The van der Waals surface area contributed by atoms with Crippen molar-refractivity contribution in [3.05, 3.63) is 69.1 Å². The molecule has 152 valence electrons. The van der Waals surface area contributed by atoms with Crippen LogP contribution in [0.5, 0.6) is 0 Å². The van der Waals surface area contributed by atoms with Crippen molar-refractivity contribution < 1.29 is 8.42 Å². The van der Waals surface area contributed by atoms with E-state index in [4.69, 9.17) is 4.98 Å². The summed E-state index contributed by atoms with van der Waals surface area (Å²) in [7, 11) is -3.23. The molecule has 0 saturated heterocycles. The molecular formula is C23H26N2O3S. The molecule has 1 saturated carbocycles. The second kappa shape index (κ2) is 7.41. The lowest BCUT2D eigenvalue weighted by Gasteiger charge is -2.23.